The third-order valence-electron chi connectivity index (χ3n) is 2.42. The molecule has 2 rings (SSSR count). The molecule has 0 spiro atoms. The molecule has 16 heavy (non-hydrogen) atoms. The van der Waals surface area contributed by atoms with Crippen LogP contribution in [0.15, 0.2) is 36.5 Å². The van der Waals surface area contributed by atoms with Crippen molar-refractivity contribution in [3.05, 3.63) is 47.2 Å². The van der Waals surface area contributed by atoms with Gasteiger partial charge >= 0.3 is 0 Å². The highest BCUT2D eigenvalue weighted by atomic mass is 35.5. The second-order valence-corrected chi connectivity index (χ2v) is 4.47. The van der Waals surface area contributed by atoms with E-state index in [1.54, 1.807) is 6.20 Å². The molecular weight excluding hydrogens is 220 g/mol. The van der Waals surface area contributed by atoms with Crippen molar-refractivity contribution in [3.63, 3.8) is 0 Å². The maximum atomic E-state index is 5.96. The molecule has 1 aromatic heterocycles. The van der Waals surface area contributed by atoms with Gasteiger partial charge in [-0.05, 0) is 29.7 Å². The van der Waals surface area contributed by atoms with Crippen LogP contribution in [0.2, 0.25) is 5.02 Å². The van der Waals surface area contributed by atoms with E-state index in [2.05, 4.69) is 30.1 Å². The van der Waals surface area contributed by atoms with E-state index < -0.39 is 0 Å². The van der Waals surface area contributed by atoms with Gasteiger partial charge in [0.05, 0.1) is 11.9 Å². The Hall–Kier alpha value is -1.41. The van der Waals surface area contributed by atoms with Crippen LogP contribution in [0.5, 0.6) is 0 Å². The number of rotatable bonds is 2. The number of aromatic nitrogens is 2. The lowest BCUT2D eigenvalue weighted by Gasteiger charge is -2.06. The van der Waals surface area contributed by atoms with E-state index in [4.69, 9.17) is 11.6 Å². The average Bonchev–Trinajstić information content (AvgIpc) is 2.29. The van der Waals surface area contributed by atoms with Gasteiger partial charge in [-0.3, -0.25) is 0 Å². The SMILES string of the molecule is CC(C)c1cc(-c2cccc(Cl)c2)cnn1. The van der Waals surface area contributed by atoms with E-state index in [9.17, 15) is 0 Å². The highest BCUT2D eigenvalue weighted by Gasteiger charge is 2.04. The van der Waals surface area contributed by atoms with Crippen molar-refractivity contribution in [2.75, 3.05) is 0 Å². The number of halogens is 1. The molecule has 0 atom stereocenters. The van der Waals surface area contributed by atoms with Gasteiger partial charge < -0.3 is 0 Å². The Morgan fingerprint density at radius 2 is 1.94 bits per heavy atom. The van der Waals surface area contributed by atoms with Crippen molar-refractivity contribution >= 4 is 11.6 Å². The van der Waals surface area contributed by atoms with Gasteiger partial charge in [0, 0.05) is 10.6 Å². The first-order chi connectivity index (χ1) is 7.66. The maximum absolute atomic E-state index is 5.96. The van der Waals surface area contributed by atoms with E-state index in [1.165, 1.54) is 0 Å². The number of nitrogens with zero attached hydrogens (tertiary/aromatic N) is 2. The van der Waals surface area contributed by atoms with Gasteiger partial charge in [0.1, 0.15) is 0 Å². The van der Waals surface area contributed by atoms with Crippen molar-refractivity contribution < 1.29 is 0 Å². The summed E-state index contributed by atoms with van der Waals surface area (Å²) in [6.45, 7) is 4.21. The van der Waals surface area contributed by atoms with Crippen LogP contribution >= 0.6 is 11.6 Å². The number of hydrogen-bond acceptors (Lipinski definition) is 2. The third kappa shape index (κ3) is 2.39. The highest BCUT2D eigenvalue weighted by Crippen LogP contribution is 2.23. The van der Waals surface area contributed by atoms with Crippen LogP contribution in [-0.4, -0.2) is 10.2 Å². The second kappa shape index (κ2) is 4.62. The Balaban J connectivity index is 2.44. The monoisotopic (exact) mass is 232 g/mol. The van der Waals surface area contributed by atoms with Crippen LogP contribution in [0, 0.1) is 0 Å². The van der Waals surface area contributed by atoms with Crippen LogP contribution in [0.25, 0.3) is 11.1 Å². The molecule has 0 aliphatic rings. The van der Waals surface area contributed by atoms with E-state index in [-0.39, 0.29) is 0 Å². The third-order valence-corrected chi connectivity index (χ3v) is 2.66. The Kier molecular flexibility index (Phi) is 3.20. The second-order valence-electron chi connectivity index (χ2n) is 4.03. The number of hydrogen-bond donors (Lipinski definition) is 0. The fraction of sp³-hybridized carbons (Fsp3) is 0.231. The average molecular weight is 233 g/mol. The summed E-state index contributed by atoms with van der Waals surface area (Å²) in [5, 5.41) is 8.86. The van der Waals surface area contributed by atoms with Crippen LogP contribution in [0.4, 0.5) is 0 Å². The molecule has 2 aromatic rings. The summed E-state index contributed by atoms with van der Waals surface area (Å²) < 4.78 is 0. The highest BCUT2D eigenvalue weighted by molar-refractivity contribution is 6.30. The Morgan fingerprint density at radius 1 is 1.12 bits per heavy atom. The standard InChI is InChI=1S/C13H13ClN2/c1-9(2)13-7-11(8-15-16-13)10-4-3-5-12(14)6-10/h3-9H,1-2H3. The largest absolute Gasteiger partial charge is 0.158 e. The molecule has 0 saturated carbocycles. The lowest BCUT2D eigenvalue weighted by Crippen LogP contribution is -1.95. The molecule has 0 radical (unpaired) electrons. The summed E-state index contributed by atoms with van der Waals surface area (Å²) in [4.78, 5) is 0. The van der Waals surface area contributed by atoms with Crippen molar-refractivity contribution in [1.29, 1.82) is 0 Å². The van der Waals surface area contributed by atoms with Crippen LogP contribution < -0.4 is 0 Å². The van der Waals surface area contributed by atoms with Crippen molar-refractivity contribution in [2.45, 2.75) is 19.8 Å². The number of benzene rings is 1. The minimum Gasteiger partial charge on any atom is -0.158 e. The van der Waals surface area contributed by atoms with Crippen LogP contribution in [0.3, 0.4) is 0 Å². The maximum Gasteiger partial charge on any atom is 0.0662 e. The molecule has 2 nitrogen and oxygen atoms in total. The zero-order valence-electron chi connectivity index (χ0n) is 9.31. The molecule has 0 N–H and O–H groups in total. The van der Waals surface area contributed by atoms with Gasteiger partial charge in [0.25, 0.3) is 0 Å². The zero-order chi connectivity index (χ0) is 11.5. The summed E-state index contributed by atoms with van der Waals surface area (Å²) >= 11 is 5.96. The van der Waals surface area contributed by atoms with Crippen LogP contribution in [0.1, 0.15) is 25.5 Å². The smallest absolute Gasteiger partial charge is 0.0662 e. The molecule has 0 saturated heterocycles. The molecule has 82 valence electrons. The molecule has 0 aliphatic heterocycles. The molecule has 3 heteroatoms. The minimum absolute atomic E-state index is 0.381. The Labute approximate surface area is 100 Å². The summed E-state index contributed by atoms with van der Waals surface area (Å²) in [6.07, 6.45) is 1.76. The minimum atomic E-state index is 0.381. The van der Waals surface area contributed by atoms with E-state index in [0.29, 0.717) is 5.92 Å². The van der Waals surface area contributed by atoms with Gasteiger partial charge in [-0.15, -0.1) is 0 Å². The Bertz CT molecular complexity index is 495. The quantitative estimate of drug-likeness (QED) is 0.784. The molecular formula is C13H13ClN2. The fourth-order valence-corrected chi connectivity index (χ4v) is 1.68. The van der Waals surface area contributed by atoms with E-state index in [0.717, 1.165) is 21.8 Å². The first-order valence-corrected chi connectivity index (χ1v) is 5.63. The van der Waals surface area contributed by atoms with Gasteiger partial charge in [-0.2, -0.15) is 10.2 Å². The molecule has 0 amide bonds. The van der Waals surface area contributed by atoms with Gasteiger partial charge in [-0.25, -0.2) is 0 Å². The predicted molar refractivity (Wildman–Crippen MR) is 66.6 cm³/mol. The molecule has 0 bridgehead atoms. The summed E-state index contributed by atoms with van der Waals surface area (Å²) in [5.41, 5.74) is 3.13. The lowest BCUT2D eigenvalue weighted by atomic mass is 10.0. The zero-order valence-corrected chi connectivity index (χ0v) is 10.1. The predicted octanol–water partition coefficient (Wildman–Crippen LogP) is 3.92. The van der Waals surface area contributed by atoms with E-state index in [1.807, 2.05) is 24.3 Å². The molecule has 1 heterocycles. The topological polar surface area (TPSA) is 25.8 Å². The van der Waals surface area contributed by atoms with Crippen molar-refractivity contribution in [2.24, 2.45) is 0 Å². The normalized spacial score (nSPS) is 10.8. The van der Waals surface area contributed by atoms with Gasteiger partial charge in [0.2, 0.25) is 0 Å². The Morgan fingerprint density at radius 3 is 2.62 bits per heavy atom. The first-order valence-electron chi connectivity index (χ1n) is 5.25. The fourth-order valence-electron chi connectivity index (χ4n) is 1.49. The molecule has 0 unspecified atom stereocenters. The first kappa shape index (κ1) is 11.1. The lowest BCUT2D eigenvalue weighted by molar-refractivity contribution is 0.786. The summed E-state index contributed by atoms with van der Waals surface area (Å²) in [7, 11) is 0. The van der Waals surface area contributed by atoms with Crippen LogP contribution in [-0.2, 0) is 0 Å². The molecule has 0 aliphatic carbocycles. The molecule has 0 fully saturated rings. The summed E-state index contributed by atoms with van der Waals surface area (Å²) in [5.74, 6) is 0.381. The van der Waals surface area contributed by atoms with Crippen molar-refractivity contribution in [1.82, 2.24) is 10.2 Å². The van der Waals surface area contributed by atoms with E-state index >= 15 is 0 Å². The van der Waals surface area contributed by atoms with Gasteiger partial charge in [0.15, 0.2) is 0 Å². The molecule has 1 aromatic carbocycles. The van der Waals surface area contributed by atoms with Crippen molar-refractivity contribution in [3.8, 4) is 11.1 Å². The summed E-state index contributed by atoms with van der Waals surface area (Å²) in [6, 6.07) is 9.81. The van der Waals surface area contributed by atoms with Gasteiger partial charge in [-0.1, -0.05) is 37.6 Å².